The van der Waals surface area contributed by atoms with Crippen LogP contribution in [0.25, 0.3) is 10.9 Å². The van der Waals surface area contributed by atoms with Crippen molar-refractivity contribution in [2.45, 2.75) is 31.2 Å². The van der Waals surface area contributed by atoms with Crippen molar-refractivity contribution in [2.24, 2.45) is 5.41 Å². The van der Waals surface area contributed by atoms with Crippen LogP contribution >= 0.6 is 11.8 Å². The molecule has 200 valence electrons. The van der Waals surface area contributed by atoms with E-state index in [2.05, 4.69) is 4.90 Å². The molecule has 8 nitrogen and oxygen atoms in total. The van der Waals surface area contributed by atoms with E-state index in [1.54, 1.807) is 26.8 Å². The lowest BCUT2D eigenvalue weighted by molar-refractivity contribution is -0.161. The highest BCUT2D eigenvalue weighted by atomic mass is 32.2. The Morgan fingerprint density at radius 1 is 1.05 bits per heavy atom. The molecule has 0 bridgehead atoms. The van der Waals surface area contributed by atoms with Crippen molar-refractivity contribution in [3.63, 3.8) is 0 Å². The maximum atomic E-state index is 15.4. The molecule has 1 fully saturated rings. The van der Waals surface area contributed by atoms with Crippen LogP contribution in [-0.2, 0) is 14.3 Å². The molecule has 0 amide bonds. The average molecular weight is 540 g/mol. The zero-order valence-electron chi connectivity index (χ0n) is 21.8. The van der Waals surface area contributed by atoms with Gasteiger partial charge in [-0.05, 0) is 45.5 Å². The number of thioether (sulfide) groups is 1. The molecule has 5 rings (SSSR count). The first-order valence-corrected chi connectivity index (χ1v) is 13.4. The molecule has 1 saturated heterocycles. The third-order valence-electron chi connectivity index (χ3n) is 6.81. The van der Waals surface area contributed by atoms with Crippen LogP contribution in [0.3, 0.4) is 0 Å². The van der Waals surface area contributed by atoms with Crippen molar-refractivity contribution in [3.8, 4) is 0 Å². The second-order valence-electron chi connectivity index (χ2n) is 10.6. The third-order valence-corrected chi connectivity index (χ3v) is 8.14. The number of hydrogen-bond acceptors (Lipinski definition) is 8. The Balaban J connectivity index is 1.57. The quantitative estimate of drug-likeness (QED) is 0.352. The Morgan fingerprint density at radius 3 is 2.39 bits per heavy atom. The van der Waals surface area contributed by atoms with Crippen molar-refractivity contribution in [2.75, 3.05) is 44.9 Å². The highest BCUT2D eigenvalue weighted by Gasteiger charge is 2.37. The molecule has 0 N–H and O–H groups in total. The maximum absolute atomic E-state index is 15.4. The van der Waals surface area contributed by atoms with E-state index >= 15 is 4.39 Å². The zero-order valence-corrected chi connectivity index (χ0v) is 22.6. The molecule has 0 spiro atoms. The number of carbonyl (C=O) groups excluding carboxylic acids is 2. The van der Waals surface area contributed by atoms with Gasteiger partial charge in [0.05, 0.1) is 21.6 Å². The summed E-state index contributed by atoms with van der Waals surface area (Å²) in [5, 5.41) is 0.341. The van der Waals surface area contributed by atoms with Crippen LogP contribution in [0.2, 0.25) is 0 Å². The molecule has 1 atom stereocenters. The fraction of sp³-hybridized carbons (Fsp3) is 0.393. The summed E-state index contributed by atoms with van der Waals surface area (Å²) in [4.78, 5) is 42.8. The number of piperazine rings is 1. The van der Waals surface area contributed by atoms with Gasteiger partial charge in [0.2, 0.25) is 12.2 Å². The van der Waals surface area contributed by atoms with E-state index in [9.17, 15) is 14.4 Å². The van der Waals surface area contributed by atoms with Gasteiger partial charge in [-0.25, -0.2) is 9.18 Å². The highest BCUT2D eigenvalue weighted by Crippen LogP contribution is 2.50. The molecule has 10 heteroatoms. The topological polar surface area (TPSA) is 81.1 Å². The summed E-state index contributed by atoms with van der Waals surface area (Å²) in [5.74, 6) is -1.96. The van der Waals surface area contributed by atoms with E-state index in [4.69, 9.17) is 9.47 Å². The van der Waals surface area contributed by atoms with E-state index in [1.165, 1.54) is 17.8 Å². The summed E-state index contributed by atoms with van der Waals surface area (Å²) in [6.45, 7) is 7.39. The SMILES string of the molecule is CN1CCN(c2cc3c(cc2F)c(=O)c(C(=O)OCOC(=O)C(C)(C)C)c2n3C(c3ccccc3)S2)CC1. The molecule has 0 aliphatic carbocycles. The number of ether oxygens (including phenoxy) is 2. The fourth-order valence-corrected chi connectivity index (χ4v) is 5.86. The van der Waals surface area contributed by atoms with E-state index in [0.717, 1.165) is 18.7 Å². The summed E-state index contributed by atoms with van der Waals surface area (Å²) in [6.07, 6.45) is 0. The Bertz CT molecular complexity index is 1460. The first-order chi connectivity index (χ1) is 18.1. The van der Waals surface area contributed by atoms with Crippen molar-refractivity contribution in [1.82, 2.24) is 9.47 Å². The fourth-order valence-electron chi connectivity index (χ4n) is 4.58. The van der Waals surface area contributed by atoms with Gasteiger partial charge < -0.3 is 23.8 Å². The van der Waals surface area contributed by atoms with Gasteiger partial charge in [-0.3, -0.25) is 9.59 Å². The number of carbonyl (C=O) groups is 2. The average Bonchev–Trinajstić information content (AvgIpc) is 2.86. The predicted molar refractivity (Wildman–Crippen MR) is 144 cm³/mol. The number of hydrogen-bond donors (Lipinski definition) is 0. The van der Waals surface area contributed by atoms with E-state index in [0.29, 0.717) is 29.3 Å². The number of pyridine rings is 1. The van der Waals surface area contributed by atoms with E-state index in [1.807, 2.05) is 46.8 Å². The van der Waals surface area contributed by atoms with Gasteiger partial charge in [-0.2, -0.15) is 0 Å². The maximum Gasteiger partial charge on any atom is 0.347 e. The lowest BCUT2D eigenvalue weighted by Crippen LogP contribution is -2.44. The van der Waals surface area contributed by atoms with Crippen LogP contribution < -0.4 is 10.3 Å². The first kappa shape index (κ1) is 26.2. The summed E-state index contributed by atoms with van der Waals surface area (Å²) in [6, 6.07) is 12.6. The summed E-state index contributed by atoms with van der Waals surface area (Å²) in [7, 11) is 2.03. The van der Waals surface area contributed by atoms with Gasteiger partial charge in [0.1, 0.15) is 16.8 Å². The predicted octanol–water partition coefficient (Wildman–Crippen LogP) is 4.25. The van der Waals surface area contributed by atoms with Crippen LogP contribution in [0.4, 0.5) is 10.1 Å². The number of nitrogens with zero attached hydrogens (tertiary/aromatic N) is 3. The Morgan fingerprint density at radius 2 is 1.74 bits per heavy atom. The Kier molecular flexibility index (Phi) is 6.96. The smallest absolute Gasteiger partial charge is 0.347 e. The number of halogens is 1. The van der Waals surface area contributed by atoms with E-state index < -0.39 is 35.4 Å². The second-order valence-corrected chi connectivity index (χ2v) is 11.7. The monoisotopic (exact) mass is 539 g/mol. The van der Waals surface area contributed by atoms with Crippen molar-refractivity contribution in [1.29, 1.82) is 0 Å². The summed E-state index contributed by atoms with van der Waals surface area (Å²) >= 11 is 1.37. The number of fused-ring (bicyclic) bond motifs is 3. The lowest BCUT2D eigenvalue weighted by atomic mass is 9.98. The highest BCUT2D eigenvalue weighted by molar-refractivity contribution is 8.00. The van der Waals surface area contributed by atoms with Crippen LogP contribution in [0.5, 0.6) is 0 Å². The zero-order chi connectivity index (χ0) is 27.2. The molecule has 3 aromatic rings. The molecule has 2 aliphatic heterocycles. The van der Waals surface area contributed by atoms with Crippen molar-refractivity contribution < 1.29 is 23.5 Å². The van der Waals surface area contributed by atoms with Gasteiger partial charge in [-0.15, -0.1) is 0 Å². The molecular formula is C28H30FN3O5S. The Hall–Kier alpha value is -3.37. The molecule has 1 unspecified atom stereocenters. The van der Waals surface area contributed by atoms with Crippen molar-refractivity contribution in [3.05, 3.63) is 69.6 Å². The van der Waals surface area contributed by atoms with E-state index in [-0.39, 0.29) is 16.3 Å². The Labute approximate surface area is 224 Å². The second kappa shape index (κ2) is 10.1. The third kappa shape index (κ3) is 4.78. The molecule has 2 aromatic carbocycles. The van der Waals surface area contributed by atoms with Gasteiger partial charge >= 0.3 is 11.9 Å². The largest absolute Gasteiger partial charge is 0.427 e. The molecule has 38 heavy (non-hydrogen) atoms. The minimum Gasteiger partial charge on any atom is -0.427 e. The number of anilines is 1. The minimum atomic E-state index is -0.912. The number of likely N-dealkylation sites (N-methyl/N-ethyl adjacent to an activating group) is 1. The molecule has 0 radical (unpaired) electrons. The van der Waals surface area contributed by atoms with Crippen LogP contribution in [-0.4, -0.2) is 61.4 Å². The van der Waals surface area contributed by atoms with Crippen LogP contribution in [0, 0.1) is 11.2 Å². The lowest BCUT2D eigenvalue weighted by Gasteiger charge is -2.37. The molecular weight excluding hydrogens is 509 g/mol. The summed E-state index contributed by atoms with van der Waals surface area (Å²) < 4.78 is 27.5. The number of benzene rings is 2. The first-order valence-electron chi connectivity index (χ1n) is 12.5. The van der Waals surface area contributed by atoms with Crippen LogP contribution in [0.15, 0.2) is 52.3 Å². The van der Waals surface area contributed by atoms with Gasteiger partial charge in [0.15, 0.2) is 0 Å². The number of rotatable bonds is 5. The molecule has 3 heterocycles. The van der Waals surface area contributed by atoms with Crippen molar-refractivity contribution >= 4 is 40.3 Å². The van der Waals surface area contributed by atoms with Gasteiger partial charge in [0, 0.05) is 31.6 Å². The normalized spacial score (nSPS) is 17.6. The standard InChI is InChI=1S/C28H30FN3O5S/c1-28(2,3)27(35)37-16-36-26(34)22-23(33)18-14-19(29)21(31-12-10-30(4)11-13-31)15-20(18)32-24(38-25(22)32)17-8-6-5-7-9-17/h5-9,14-15,24H,10-13,16H2,1-4H3. The van der Waals surface area contributed by atoms with Gasteiger partial charge in [0.25, 0.3) is 0 Å². The van der Waals surface area contributed by atoms with Gasteiger partial charge in [-0.1, -0.05) is 42.1 Å². The molecule has 2 aliphatic rings. The minimum absolute atomic E-state index is 0.101. The molecule has 1 aromatic heterocycles. The summed E-state index contributed by atoms with van der Waals surface area (Å²) in [5.41, 5.74) is 0.418. The number of aromatic nitrogens is 1. The molecule has 0 saturated carbocycles. The van der Waals surface area contributed by atoms with Crippen LogP contribution in [0.1, 0.15) is 42.1 Å². The number of esters is 2.